The second-order valence-corrected chi connectivity index (χ2v) is 7.06. The van der Waals surface area contributed by atoms with E-state index in [-0.39, 0.29) is 5.82 Å². The topological polar surface area (TPSA) is 35.2 Å². The Hall–Kier alpha value is -2.22. The standard InChI is InChI=1S/C19H20ClFN4OS/c1-23(11-13-10-14(20)8-9-17(13)26-3)12-25-19(27)24(2)18(22-25)15-6-4-5-7-16(15)21/h4-10H,11-12H2,1-3H3. The first-order chi connectivity index (χ1) is 12.9. The molecule has 0 N–H and O–H groups in total. The minimum Gasteiger partial charge on any atom is -0.496 e. The summed E-state index contributed by atoms with van der Waals surface area (Å²) in [4.78, 5) is 2.03. The van der Waals surface area contributed by atoms with Crippen LogP contribution in [0.5, 0.6) is 5.75 Å². The average Bonchev–Trinajstić information content (AvgIpc) is 2.90. The minimum absolute atomic E-state index is 0.329. The van der Waals surface area contributed by atoms with Gasteiger partial charge in [-0.25, -0.2) is 9.07 Å². The van der Waals surface area contributed by atoms with Gasteiger partial charge in [0.1, 0.15) is 11.6 Å². The van der Waals surface area contributed by atoms with Crippen molar-refractivity contribution in [3.05, 3.63) is 63.6 Å². The van der Waals surface area contributed by atoms with Gasteiger partial charge in [-0.3, -0.25) is 4.90 Å². The molecule has 0 atom stereocenters. The Morgan fingerprint density at radius 1 is 1.26 bits per heavy atom. The van der Waals surface area contributed by atoms with Gasteiger partial charge in [-0.15, -0.1) is 0 Å². The van der Waals surface area contributed by atoms with Gasteiger partial charge in [0.2, 0.25) is 0 Å². The minimum atomic E-state index is -0.329. The van der Waals surface area contributed by atoms with Crippen molar-refractivity contribution in [2.24, 2.45) is 7.05 Å². The molecule has 0 radical (unpaired) electrons. The fourth-order valence-electron chi connectivity index (χ4n) is 2.90. The molecule has 0 bridgehead atoms. The van der Waals surface area contributed by atoms with E-state index in [0.717, 1.165) is 11.3 Å². The predicted molar refractivity (Wildman–Crippen MR) is 107 cm³/mol. The maximum Gasteiger partial charge on any atom is 0.199 e. The SMILES string of the molecule is COc1ccc(Cl)cc1CN(C)Cn1nc(-c2ccccc2F)n(C)c1=S. The normalized spacial score (nSPS) is 11.2. The molecular weight excluding hydrogens is 387 g/mol. The van der Waals surface area contributed by atoms with Crippen molar-refractivity contribution in [3.63, 3.8) is 0 Å². The second-order valence-electron chi connectivity index (χ2n) is 6.26. The van der Waals surface area contributed by atoms with Crippen LogP contribution >= 0.6 is 23.8 Å². The van der Waals surface area contributed by atoms with E-state index in [1.165, 1.54) is 6.07 Å². The lowest BCUT2D eigenvalue weighted by molar-refractivity contribution is 0.240. The van der Waals surface area contributed by atoms with Crippen LogP contribution in [-0.2, 0) is 20.3 Å². The number of halogens is 2. The van der Waals surface area contributed by atoms with E-state index in [1.54, 1.807) is 47.7 Å². The Kier molecular flexibility index (Phi) is 5.94. The molecule has 0 saturated heterocycles. The van der Waals surface area contributed by atoms with Crippen LogP contribution in [-0.4, -0.2) is 33.4 Å². The zero-order chi connectivity index (χ0) is 19.6. The van der Waals surface area contributed by atoms with Crippen LogP contribution in [0.4, 0.5) is 4.39 Å². The molecule has 27 heavy (non-hydrogen) atoms. The van der Waals surface area contributed by atoms with Crippen molar-refractivity contribution in [2.75, 3.05) is 14.2 Å². The summed E-state index contributed by atoms with van der Waals surface area (Å²) in [7, 11) is 5.36. The fraction of sp³-hybridized carbons (Fsp3) is 0.263. The summed E-state index contributed by atoms with van der Waals surface area (Å²) in [5.41, 5.74) is 1.38. The molecule has 3 aromatic rings. The molecule has 0 aliphatic heterocycles. The van der Waals surface area contributed by atoms with Gasteiger partial charge in [0, 0.05) is 24.2 Å². The second kappa shape index (κ2) is 8.21. The third-order valence-electron chi connectivity index (χ3n) is 4.21. The number of rotatable bonds is 6. The zero-order valence-electron chi connectivity index (χ0n) is 15.3. The lowest BCUT2D eigenvalue weighted by Crippen LogP contribution is -2.23. The fourth-order valence-corrected chi connectivity index (χ4v) is 3.28. The Balaban J connectivity index is 1.84. The van der Waals surface area contributed by atoms with Crippen molar-refractivity contribution < 1.29 is 9.13 Å². The molecule has 1 aromatic heterocycles. The monoisotopic (exact) mass is 406 g/mol. The summed E-state index contributed by atoms with van der Waals surface area (Å²) < 4.78 is 23.4. The summed E-state index contributed by atoms with van der Waals surface area (Å²) in [5.74, 6) is 0.930. The first-order valence-corrected chi connectivity index (χ1v) is 9.09. The average molecular weight is 407 g/mol. The highest BCUT2D eigenvalue weighted by Crippen LogP contribution is 2.24. The Bertz CT molecular complexity index is 1020. The first-order valence-electron chi connectivity index (χ1n) is 8.30. The van der Waals surface area contributed by atoms with Gasteiger partial charge in [-0.2, -0.15) is 5.10 Å². The van der Waals surface area contributed by atoms with Crippen molar-refractivity contribution in [1.82, 2.24) is 19.2 Å². The van der Waals surface area contributed by atoms with Crippen molar-refractivity contribution in [1.29, 1.82) is 0 Å². The Morgan fingerprint density at radius 3 is 2.70 bits per heavy atom. The maximum atomic E-state index is 14.1. The van der Waals surface area contributed by atoms with E-state index in [0.29, 0.717) is 34.4 Å². The number of hydrogen-bond acceptors (Lipinski definition) is 4. The number of ether oxygens (including phenoxy) is 1. The van der Waals surface area contributed by atoms with E-state index in [1.807, 2.05) is 24.1 Å². The van der Waals surface area contributed by atoms with Crippen molar-refractivity contribution >= 4 is 23.8 Å². The molecule has 0 unspecified atom stereocenters. The van der Waals surface area contributed by atoms with Gasteiger partial charge in [0.05, 0.1) is 19.3 Å². The molecule has 2 aromatic carbocycles. The largest absolute Gasteiger partial charge is 0.496 e. The van der Waals surface area contributed by atoms with E-state index in [2.05, 4.69) is 5.10 Å². The molecule has 142 valence electrons. The van der Waals surface area contributed by atoms with Crippen LogP contribution in [0.3, 0.4) is 0 Å². The summed E-state index contributed by atoms with van der Waals surface area (Å²) in [6, 6.07) is 12.0. The van der Waals surface area contributed by atoms with Crippen LogP contribution in [0.25, 0.3) is 11.4 Å². The third kappa shape index (κ3) is 4.21. The molecule has 0 spiro atoms. The Morgan fingerprint density at radius 2 is 2.00 bits per heavy atom. The van der Waals surface area contributed by atoms with Gasteiger partial charge in [-0.05, 0) is 49.6 Å². The number of methoxy groups -OCH3 is 1. The van der Waals surface area contributed by atoms with Crippen molar-refractivity contribution in [2.45, 2.75) is 13.2 Å². The molecular formula is C19H20ClFN4OS. The van der Waals surface area contributed by atoms with Gasteiger partial charge in [0.25, 0.3) is 0 Å². The van der Waals surface area contributed by atoms with Gasteiger partial charge < -0.3 is 9.30 Å². The highest BCUT2D eigenvalue weighted by Gasteiger charge is 2.15. The van der Waals surface area contributed by atoms with E-state index >= 15 is 0 Å². The molecule has 0 amide bonds. The van der Waals surface area contributed by atoms with Crippen LogP contribution in [0, 0.1) is 10.6 Å². The molecule has 0 aliphatic rings. The van der Waals surface area contributed by atoms with Gasteiger partial charge in [0.15, 0.2) is 10.6 Å². The molecule has 8 heteroatoms. The lowest BCUT2D eigenvalue weighted by Gasteiger charge is -2.18. The molecule has 0 fully saturated rings. The quantitative estimate of drug-likeness (QED) is 0.564. The highest BCUT2D eigenvalue weighted by molar-refractivity contribution is 7.71. The van der Waals surface area contributed by atoms with Crippen molar-refractivity contribution in [3.8, 4) is 17.1 Å². The molecule has 5 nitrogen and oxygen atoms in total. The number of hydrogen-bond donors (Lipinski definition) is 0. The predicted octanol–water partition coefficient (Wildman–Crippen LogP) is 4.51. The molecule has 0 aliphatic carbocycles. The summed E-state index contributed by atoms with van der Waals surface area (Å²) in [5, 5.41) is 5.17. The van der Waals surface area contributed by atoms with E-state index in [4.69, 9.17) is 28.6 Å². The summed E-state index contributed by atoms with van der Waals surface area (Å²) in [6.07, 6.45) is 0. The van der Waals surface area contributed by atoms with Gasteiger partial charge in [-0.1, -0.05) is 23.7 Å². The number of aromatic nitrogens is 3. The highest BCUT2D eigenvalue weighted by atomic mass is 35.5. The Labute approximate surface area is 167 Å². The summed E-state index contributed by atoms with van der Waals surface area (Å²) in [6.45, 7) is 1.04. The van der Waals surface area contributed by atoms with Crippen LogP contribution in [0.15, 0.2) is 42.5 Å². The van der Waals surface area contributed by atoms with Gasteiger partial charge >= 0.3 is 0 Å². The smallest absolute Gasteiger partial charge is 0.199 e. The molecule has 1 heterocycles. The molecule has 0 saturated carbocycles. The van der Waals surface area contributed by atoms with Crippen LogP contribution < -0.4 is 4.74 Å². The maximum absolute atomic E-state index is 14.1. The van der Waals surface area contributed by atoms with Crippen LogP contribution in [0.1, 0.15) is 5.56 Å². The lowest BCUT2D eigenvalue weighted by atomic mass is 10.2. The zero-order valence-corrected chi connectivity index (χ0v) is 16.9. The molecule has 3 rings (SSSR count). The summed E-state index contributed by atoms with van der Waals surface area (Å²) >= 11 is 11.6. The first kappa shape index (κ1) is 19.5. The number of benzene rings is 2. The van der Waals surface area contributed by atoms with E-state index in [9.17, 15) is 4.39 Å². The van der Waals surface area contributed by atoms with E-state index < -0.39 is 0 Å². The van der Waals surface area contributed by atoms with Crippen LogP contribution in [0.2, 0.25) is 5.02 Å². The number of nitrogens with zero attached hydrogens (tertiary/aromatic N) is 4. The third-order valence-corrected chi connectivity index (χ3v) is 4.93.